The number of nitrogens with two attached hydrogens (primary N) is 2. The van der Waals surface area contributed by atoms with Crippen LogP contribution in [0, 0.1) is 0 Å². The van der Waals surface area contributed by atoms with Gasteiger partial charge in [0.2, 0.25) is 5.91 Å². The monoisotopic (exact) mass is 286 g/mol. The van der Waals surface area contributed by atoms with E-state index in [4.69, 9.17) is 11.6 Å². The number of benzene rings is 1. The lowest BCUT2D eigenvalue weighted by atomic mass is 10.1. The predicted molar refractivity (Wildman–Crippen MR) is 75.3 cm³/mol. The van der Waals surface area contributed by atoms with Crippen LogP contribution in [0.4, 0.5) is 0 Å². The van der Waals surface area contributed by atoms with Gasteiger partial charge in [-0.25, -0.2) is 5.84 Å². The normalized spacial score (nSPS) is 11.1. The first-order valence-electron chi connectivity index (χ1n) is 5.71. The van der Waals surface area contributed by atoms with Gasteiger partial charge in [-0.1, -0.05) is 30.3 Å². The molecule has 1 atom stereocenters. The lowest BCUT2D eigenvalue weighted by molar-refractivity contribution is -0.128. The van der Waals surface area contributed by atoms with Gasteiger partial charge in [-0.05, 0) is 5.56 Å². The standard InChI is InChI=1S/C12H18N4O2.ClH/c13-7-6-11(17)15-10(12(18)16-14)8-9-4-2-1-3-5-9;/h1-5,10H,6-8,13-14H2,(H,15,17)(H,16,18);1H. The van der Waals surface area contributed by atoms with Gasteiger partial charge in [-0.3, -0.25) is 15.0 Å². The molecule has 7 heteroatoms. The number of nitrogens with one attached hydrogen (secondary N) is 2. The van der Waals surface area contributed by atoms with E-state index in [0.29, 0.717) is 6.42 Å². The molecule has 19 heavy (non-hydrogen) atoms. The van der Waals surface area contributed by atoms with E-state index < -0.39 is 11.9 Å². The molecule has 0 aliphatic heterocycles. The third-order valence-corrected chi connectivity index (χ3v) is 2.45. The maximum Gasteiger partial charge on any atom is 0.256 e. The topological polar surface area (TPSA) is 110 Å². The van der Waals surface area contributed by atoms with E-state index in [2.05, 4.69) is 5.32 Å². The first-order chi connectivity index (χ1) is 8.67. The smallest absolute Gasteiger partial charge is 0.256 e. The number of hydrazine groups is 1. The van der Waals surface area contributed by atoms with E-state index in [0.717, 1.165) is 5.56 Å². The van der Waals surface area contributed by atoms with Gasteiger partial charge < -0.3 is 11.1 Å². The molecule has 0 fully saturated rings. The lowest BCUT2D eigenvalue weighted by Gasteiger charge is -2.17. The molecule has 1 rings (SSSR count). The Morgan fingerprint density at radius 3 is 2.37 bits per heavy atom. The summed E-state index contributed by atoms with van der Waals surface area (Å²) in [5.74, 6) is 4.41. The van der Waals surface area contributed by atoms with Gasteiger partial charge in [0.15, 0.2) is 0 Å². The second-order valence-electron chi connectivity index (χ2n) is 3.86. The van der Waals surface area contributed by atoms with Crippen LogP contribution in [-0.4, -0.2) is 24.4 Å². The molecule has 0 radical (unpaired) electrons. The minimum absolute atomic E-state index is 0. The summed E-state index contributed by atoms with van der Waals surface area (Å²) >= 11 is 0. The Morgan fingerprint density at radius 1 is 1.21 bits per heavy atom. The summed E-state index contributed by atoms with van der Waals surface area (Å²) in [6.07, 6.45) is 0.573. The van der Waals surface area contributed by atoms with E-state index in [1.807, 2.05) is 35.8 Å². The number of hydrogen-bond acceptors (Lipinski definition) is 4. The first-order valence-corrected chi connectivity index (χ1v) is 5.71. The summed E-state index contributed by atoms with van der Waals surface area (Å²) in [5, 5.41) is 2.61. The van der Waals surface area contributed by atoms with E-state index >= 15 is 0 Å². The Hall–Kier alpha value is -1.63. The van der Waals surface area contributed by atoms with Gasteiger partial charge in [-0.15, -0.1) is 12.4 Å². The highest BCUT2D eigenvalue weighted by atomic mass is 35.5. The van der Waals surface area contributed by atoms with Crippen molar-refractivity contribution in [2.24, 2.45) is 11.6 Å². The van der Waals surface area contributed by atoms with Crippen LogP contribution in [0.2, 0.25) is 0 Å². The second kappa shape index (κ2) is 9.32. The Balaban J connectivity index is 0.00000324. The van der Waals surface area contributed by atoms with Gasteiger partial charge >= 0.3 is 0 Å². The fourth-order valence-electron chi connectivity index (χ4n) is 1.56. The van der Waals surface area contributed by atoms with Crippen molar-refractivity contribution in [3.63, 3.8) is 0 Å². The number of carbonyl (C=O) groups excluding carboxylic acids is 2. The summed E-state index contributed by atoms with van der Waals surface area (Å²) in [5.41, 5.74) is 8.27. The molecular weight excluding hydrogens is 268 g/mol. The largest absolute Gasteiger partial charge is 0.344 e. The van der Waals surface area contributed by atoms with Gasteiger partial charge in [0.05, 0.1) is 0 Å². The van der Waals surface area contributed by atoms with Crippen molar-refractivity contribution in [2.75, 3.05) is 6.54 Å². The van der Waals surface area contributed by atoms with Crippen molar-refractivity contribution in [2.45, 2.75) is 18.9 Å². The molecule has 2 amide bonds. The number of halogens is 1. The average molecular weight is 287 g/mol. The predicted octanol–water partition coefficient (Wildman–Crippen LogP) is -0.526. The van der Waals surface area contributed by atoms with Crippen LogP contribution in [0.5, 0.6) is 0 Å². The zero-order valence-electron chi connectivity index (χ0n) is 10.5. The Labute approximate surface area is 118 Å². The quantitative estimate of drug-likeness (QED) is 0.320. The van der Waals surface area contributed by atoms with Crippen molar-refractivity contribution in [3.8, 4) is 0 Å². The maximum absolute atomic E-state index is 11.6. The number of hydrogen-bond donors (Lipinski definition) is 4. The zero-order chi connectivity index (χ0) is 13.4. The molecule has 1 aromatic carbocycles. The van der Waals surface area contributed by atoms with Crippen LogP contribution in [0.3, 0.4) is 0 Å². The Bertz CT molecular complexity index is 400. The Kier molecular flexibility index (Phi) is 8.52. The van der Waals surface area contributed by atoms with E-state index in [1.54, 1.807) is 0 Å². The molecule has 0 heterocycles. The number of carbonyl (C=O) groups is 2. The Morgan fingerprint density at radius 2 is 1.84 bits per heavy atom. The third kappa shape index (κ3) is 6.19. The van der Waals surface area contributed by atoms with Crippen molar-refractivity contribution < 1.29 is 9.59 Å². The summed E-state index contributed by atoms with van der Waals surface area (Å²) in [7, 11) is 0. The molecule has 0 aromatic heterocycles. The average Bonchev–Trinajstić information content (AvgIpc) is 2.38. The van der Waals surface area contributed by atoms with Crippen molar-refractivity contribution in [1.82, 2.24) is 10.7 Å². The molecular formula is C12H19ClN4O2. The van der Waals surface area contributed by atoms with Crippen molar-refractivity contribution in [1.29, 1.82) is 0 Å². The van der Waals surface area contributed by atoms with Crippen LogP contribution in [-0.2, 0) is 16.0 Å². The summed E-state index contributed by atoms with van der Waals surface area (Å²) < 4.78 is 0. The molecule has 0 aliphatic rings. The SMILES string of the molecule is Cl.NCCC(=O)NC(Cc1ccccc1)C(=O)NN. The van der Waals surface area contributed by atoms with Crippen molar-refractivity contribution in [3.05, 3.63) is 35.9 Å². The van der Waals surface area contributed by atoms with Crippen LogP contribution >= 0.6 is 12.4 Å². The molecule has 0 aliphatic carbocycles. The molecule has 0 bridgehead atoms. The van der Waals surface area contributed by atoms with E-state index in [-0.39, 0.29) is 31.3 Å². The minimum Gasteiger partial charge on any atom is -0.344 e. The number of rotatable bonds is 6. The summed E-state index contributed by atoms with van der Waals surface area (Å²) in [6.45, 7) is 0.244. The third-order valence-electron chi connectivity index (χ3n) is 2.45. The van der Waals surface area contributed by atoms with E-state index in [1.165, 1.54) is 0 Å². The fraction of sp³-hybridized carbons (Fsp3) is 0.333. The molecule has 1 aromatic rings. The van der Waals surface area contributed by atoms with Crippen molar-refractivity contribution >= 4 is 24.2 Å². The molecule has 0 saturated heterocycles. The zero-order valence-corrected chi connectivity index (χ0v) is 11.3. The van der Waals surface area contributed by atoms with Crippen LogP contribution in [0.25, 0.3) is 0 Å². The fourth-order valence-corrected chi connectivity index (χ4v) is 1.56. The van der Waals surface area contributed by atoms with E-state index in [9.17, 15) is 9.59 Å². The lowest BCUT2D eigenvalue weighted by Crippen LogP contribution is -2.50. The van der Waals surface area contributed by atoms with Gasteiger partial charge in [0.25, 0.3) is 5.91 Å². The molecule has 0 spiro atoms. The van der Waals surface area contributed by atoms with Crippen LogP contribution < -0.4 is 22.3 Å². The molecule has 106 valence electrons. The molecule has 1 unspecified atom stereocenters. The first kappa shape index (κ1) is 17.4. The summed E-state index contributed by atoms with van der Waals surface area (Å²) in [6, 6.07) is 8.70. The molecule has 6 N–H and O–H groups in total. The second-order valence-corrected chi connectivity index (χ2v) is 3.86. The van der Waals surface area contributed by atoms with Crippen LogP contribution in [0.1, 0.15) is 12.0 Å². The molecule has 6 nitrogen and oxygen atoms in total. The highest BCUT2D eigenvalue weighted by molar-refractivity contribution is 5.87. The minimum atomic E-state index is -0.684. The highest BCUT2D eigenvalue weighted by Gasteiger charge is 2.19. The number of amides is 2. The summed E-state index contributed by atoms with van der Waals surface area (Å²) in [4.78, 5) is 23.0. The maximum atomic E-state index is 11.6. The van der Waals surface area contributed by atoms with Crippen LogP contribution in [0.15, 0.2) is 30.3 Å². The molecule has 0 saturated carbocycles. The van der Waals surface area contributed by atoms with Gasteiger partial charge in [-0.2, -0.15) is 0 Å². The van der Waals surface area contributed by atoms with Gasteiger partial charge in [0, 0.05) is 19.4 Å². The van der Waals surface area contributed by atoms with Gasteiger partial charge in [0.1, 0.15) is 6.04 Å². The highest BCUT2D eigenvalue weighted by Crippen LogP contribution is 2.03.